The molecule has 0 atom stereocenters. The van der Waals surface area contributed by atoms with Gasteiger partial charge in [0.2, 0.25) is 5.13 Å². The molecule has 1 saturated carbocycles. The molecule has 6 nitrogen and oxygen atoms in total. The van der Waals surface area contributed by atoms with Gasteiger partial charge in [0.05, 0.1) is 12.3 Å². The number of aromatic nitrogens is 4. The lowest BCUT2D eigenvalue weighted by atomic mass is 10.3. The van der Waals surface area contributed by atoms with Gasteiger partial charge >= 0.3 is 0 Å². The maximum Gasteiger partial charge on any atom is 0.208 e. The normalized spacial score (nSPS) is 13.8. The molecule has 0 radical (unpaired) electrons. The van der Waals surface area contributed by atoms with Gasteiger partial charge in [0, 0.05) is 17.7 Å². The van der Waals surface area contributed by atoms with Crippen molar-refractivity contribution in [2.45, 2.75) is 25.9 Å². The van der Waals surface area contributed by atoms with Crippen molar-refractivity contribution in [3.63, 3.8) is 0 Å². The first-order chi connectivity index (χ1) is 11.3. The van der Waals surface area contributed by atoms with Crippen molar-refractivity contribution in [2.75, 3.05) is 5.32 Å². The summed E-state index contributed by atoms with van der Waals surface area (Å²) in [7, 11) is 0. The second-order valence-electron chi connectivity index (χ2n) is 5.41. The molecular formula is C16H15N5OS. The lowest BCUT2D eigenvalue weighted by molar-refractivity contribution is 0.302. The number of pyridine rings is 2. The maximum atomic E-state index is 5.69. The topological polar surface area (TPSA) is 72.8 Å². The number of nitrogens with zero attached hydrogens (tertiary/aromatic N) is 4. The predicted octanol–water partition coefficient (Wildman–Crippen LogP) is 3.59. The van der Waals surface area contributed by atoms with E-state index in [1.165, 1.54) is 11.5 Å². The van der Waals surface area contributed by atoms with Gasteiger partial charge in [-0.25, -0.2) is 9.97 Å². The quantitative estimate of drug-likeness (QED) is 0.773. The Hall–Kier alpha value is -2.54. The molecule has 7 heteroatoms. The first-order valence-corrected chi connectivity index (χ1v) is 8.21. The summed E-state index contributed by atoms with van der Waals surface area (Å²) in [5.74, 6) is 2.19. The summed E-state index contributed by atoms with van der Waals surface area (Å²) in [5, 5.41) is 3.89. The van der Waals surface area contributed by atoms with E-state index in [9.17, 15) is 0 Å². The predicted molar refractivity (Wildman–Crippen MR) is 89.0 cm³/mol. The standard InChI is InChI=1S/C16H15N5OS/c1-10-3-2-8-17-14(10)19-16-20-15(21-23-16)13-7-6-12(9-18-13)22-11-4-5-11/h2-3,6-9,11H,4-5H2,1H3,(H,17,19,20,21). The Kier molecular flexibility index (Phi) is 3.63. The van der Waals surface area contributed by atoms with Gasteiger partial charge in [0.15, 0.2) is 5.82 Å². The highest BCUT2D eigenvalue weighted by molar-refractivity contribution is 7.09. The number of rotatable bonds is 5. The van der Waals surface area contributed by atoms with E-state index >= 15 is 0 Å². The summed E-state index contributed by atoms with van der Waals surface area (Å²) in [4.78, 5) is 13.2. The molecule has 0 spiro atoms. The van der Waals surface area contributed by atoms with Crippen molar-refractivity contribution in [2.24, 2.45) is 0 Å². The molecule has 1 aliphatic rings. The van der Waals surface area contributed by atoms with Gasteiger partial charge in [-0.3, -0.25) is 0 Å². The summed E-state index contributed by atoms with van der Waals surface area (Å²) in [6, 6.07) is 7.70. The Bertz CT molecular complexity index is 813. The lowest BCUT2D eigenvalue weighted by Crippen LogP contribution is -1.97. The van der Waals surface area contributed by atoms with Crippen LogP contribution in [-0.4, -0.2) is 25.4 Å². The smallest absolute Gasteiger partial charge is 0.208 e. The average molecular weight is 325 g/mol. The largest absolute Gasteiger partial charge is 0.489 e. The monoisotopic (exact) mass is 325 g/mol. The third-order valence-electron chi connectivity index (χ3n) is 3.45. The molecule has 3 aromatic rings. The van der Waals surface area contributed by atoms with Crippen molar-refractivity contribution >= 4 is 22.5 Å². The van der Waals surface area contributed by atoms with Crippen LogP contribution in [0.25, 0.3) is 11.5 Å². The molecule has 0 bridgehead atoms. The molecule has 0 amide bonds. The summed E-state index contributed by atoms with van der Waals surface area (Å²) >= 11 is 1.29. The van der Waals surface area contributed by atoms with E-state index in [-0.39, 0.29) is 0 Å². The van der Waals surface area contributed by atoms with Crippen molar-refractivity contribution in [1.82, 2.24) is 19.3 Å². The number of nitrogens with one attached hydrogen (secondary N) is 1. The lowest BCUT2D eigenvalue weighted by Gasteiger charge is -2.04. The van der Waals surface area contributed by atoms with Crippen LogP contribution >= 0.6 is 11.5 Å². The first-order valence-electron chi connectivity index (χ1n) is 7.43. The van der Waals surface area contributed by atoms with E-state index in [0.717, 1.165) is 35.7 Å². The van der Waals surface area contributed by atoms with Crippen LogP contribution in [-0.2, 0) is 0 Å². The molecule has 4 rings (SSSR count). The molecule has 0 saturated heterocycles. The van der Waals surface area contributed by atoms with E-state index in [4.69, 9.17) is 4.74 Å². The highest BCUT2D eigenvalue weighted by Gasteiger charge is 2.23. The minimum Gasteiger partial charge on any atom is -0.489 e. The summed E-state index contributed by atoms with van der Waals surface area (Å²) in [6.45, 7) is 2.00. The van der Waals surface area contributed by atoms with Crippen LogP contribution in [0.4, 0.5) is 10.9 Å². The zero-order valence-corrected chi connectivity index (χ0v) is 13.4. The van der Waals surface area contributed by atoms with Gasteiger partial charge in [-0.15, -0.1) is 0 Å². The maximum absolute atomic E-state index is 5.69. The summed E-state index contributed by atoms with van der Waals surface area (Å²) < 4.78 is 10.0. The third kappa shape index (κ3) is 3.29. The Balaban J connectivity index is 1.49. The van der Waals surface area contributed by atoms with E-state index in [2.05, 4.69) is 24.6 Å². The van der Waals surface area contributed by atoms with Crippen LogP contribution in [0.1, 0.15) is 18.4 Å². The molecule has 0 aliphatic heterocycles. The molecular weight excluding hydrogens is 310 g/mol. The van der Waals surface area contributed by atoms with Crippen LogP contribution in [0.5, 0.6) is 5.75 Å². The van der Waals surface area contributed by atoms with E-state index in [1.54, 1.807) is 12.4 Å². The van der Waals surface area contributed by atoms with Crippen LogP contribution in [0.2, 0.25) is 0 Å². The average Bonchev–Trinajstić information content (AvgIpc) is 3.26. The molecule has 23 heavy (non-hydrogen) atoms. The number of aryl methyl sites for hydroxylation is 1. The molecule has 3 heterocycles. The van der Waals surface area contributed by atoms with Gasteiger partial charge in [-0.2, -0.15) is 9.36 Å². The van der Waals surface area contributed by atoms with Crippen LogP contribution in [0.3, 0.4) is 0 Å². The van der Waals surface area contributed by atoms with Crippen LogP contribution in [0, 0.1) is 6.92 Å². The van der Waals surface area contributed by atoms with Crippen molar-refractivity contribution in [1.29, 1.82) is 0 Å². The van der Waals surface area contributed by atoms with Gasteiger partial charge < -0.3 is 10.1 Å². The molecule has 0 aromatic carbocycles. The van der Waals surface area contributed by atoms with E-state index < -0.39 is 0 Å². The highest BCUT2D eigenvalue weighted by atomic mass is 32.1. The highest BCUT2D eigenvalue weighted by Crippen LogP contribution is 2.28. The fourth-order valence-electron chi connectivity index (χ4n) is 2.06. The van der Waals surface area contributed by atoms with E-state index in [0.29, 0.717) is 17.1 Å². The Morgan fingerprint density at radius 2 is 2.13 bits per heavy atom. The fourth-order valence-corrected chi connectivity index (χ4v) is 2.63. The minimum atomic E-state index is 0.373. The SMILES string of the molecule is Cc1cccnc1Nc1nc(-c2ccc(OC3CC3)cn2)ns1. The zero-order chi connectivity index (χ0) is 15.6. The third-order valence-corrected chi connectivity index (χ3v) is 4.08. The minimum absolute atomic E-state index is 0.373. The van der Waals surface area contributed by atoms with Gasteiger partial charge in [0.1, 0.15) is 17.3 Å². The molecule has 1 aliphatic carbocycles. The second-order valence-corrected chi connectivity index (χ2v) is 6.17. The van der Waals surface area contributed by atoms with Gasteiger partial charge in [-0.05, 0) is 43.5 Å². The second kappa shape index (κ2) is 5.92. The van der Waals surface area contributed by atoms with E-state index in [1.807, 2.05) is 31.2 Å². The van der Waals surface area contributed by atoms with Crippen LogP contribution < -0.4 is 10.1 Å². The Morgan fingerprint density at radius 1 is 1.22 bits per heavy atom. The molecule has 1 N–H and O–H groups in total. The number of anilines is 2. The number of hydrogen-bond donors (Lipinski definition) is 1. The molecule has 1 fully saturated rings. The van der Waals surface area contributed by atoms with Gasteiger partial charge in [0.25, 0.3) is 0 Å². The number of hydrogen-bond acceptors (Lipinski definition) is 7. The number of ether oxygens (including phenoxy) is 1. The Labute approximate surface area is 137 Å². The summed E-state index contributed by atoms with van der Waals surface area (Å²) in [6.07, 6.45) is 6.12. The van der Waals surface area contributed by atoms with Crippen LogP contribution in [0.15, 0.2) is 36.7 Å². The van der Waals surface area contributed by atoms with Crippen molar-refractivity contribution < 1.29 is 4.74 Å². The van der Waals surface area contributed by atoms with Gasteiger partial charge in [-0.1, -0.05) is 6.07 Å². The molecule has 0 unspecified atom stereocenters. The zero-order valence-electron chi connectivity index (χ0n) is 12.6. The molecule has 116 valence electrons. The summed E-state index contributed by atoms with van der Waals surface area (Å²) in [5.41, 5.74) is 1.79. The van der Waals surface area contributed by atoms with Crippen molar-refractivity contribution in [3.05, 3.63) is 42.2 Å². The molecule has 3 aromatic heterocycles. The fraction of sp³-hybridized carbons (Fsp3) is 0.250. The Morgan fingerprint density at radius 3 is 2.87 bits per heavy atom. The van der Waals surface area contributed by atoms with Crippen molar-refractivity contribution in [3.8, 4) is 17.3 Å². The first kappa shape index (κ1) is 14.1.